The summed E-state index contributed by atoms with van der Waals surface area (Å²) in [5, 5.41) is 0.506. The normalized spacial score (nSPS) is 19.5. The number of halogens is 1. The first-order chi connectivity index (χ1) is 7.99. The quantitative estimate of drug-likeness (QED) is 0.762. The summed E-state index contributed by atoms with van der Waals surface area (Å²) in [6.45, 7) is 4.07. The Labute approximate surface area is 114 Å². The maximum Gasteiger partial charge on any atom is 0.215 e. The van der Waals surface area contributed by atoms with Crippen molar-refractivity contribution in [3.63, 3.8) is 0 Å². The highest BCUT2D eigenvalue weighted by Crippen LogP contribution is 2.26. The molecule has 1 aliphatic rings. The van der Waals surface area contributed by atoms with Crippen LogP contribution in [0.15, 0.2) is 0 Å². The van der Waals surface area contributed by atoms with Gasteiger partial charge in [0.05, 0.1) is 5.25 Å². The van der Waals surface area contributed by atoms with Crippen LogP contribution in [0.25, 0.3) is 0 Å². The average molecular weight is 326 g/mol. The standard InChI is InChI=1S/C12H24BrNO2S/c1-3-12(4-2,10-13)14-17(15,16)11-8-6-5-7-9-11/h11,14H,3-10H2,1-2H3. The fourth-order valence-corrected chi connectivity index (χ4v) is 5.57. The molecule has 1 rings (SSSR count). The van der Waals surface area contributed by atoms with E-state index in [1.165, 1.54) is 6.42 Å². The van der Waals surface area contributed by atoms with Gasteiger partial charge in [0.1, 0.15) is 0 Å². The summed E-state index contributed by atoms with van der Waals surface area (Å²) in [5.74, 6) is 0. The second-order valence-electron chi connectivity index (χ2n) is 5.03. The number of sulfonamides is 1. The molecule has 0 aromatic heterocycles. The third-order valence-corrected chi connectivity index (χ3v) is 7.10. The molecule has 3 nitrogen and oxygen atoms in total. The van der Waals surface area contributed by atoms with Crippen molar-refractivity contribution in [1.29, 1.82) is 0 Å². The summed E-state index contributed by atoms with van der Waals surface area (Å²) in [6, 6.07) is 0. The van der Waals surface area contributed by atoms with Crippen LogP contribution in [0.1, 0.15) is 58.8 Å². The van der Waals surface area contributed by atoms with E-state index in [1.54, 1.807) is 0 Å². The summed E-state index contributed by atoms with van der Waals surface area (Å²) in [6.07, 6.45) is 6.55. The van der Waals surface area contributed by atoms with Crippen LogP contribution in [-0.4, -0.2) is 24.5 Å². The Morgan fingerprint density at radius 2 is 1.71 bits per heavy atom. The SMILES string of the molecule is CCC(CC)(CBr)NS(=O)(=O)C1CCCCC1. The minimum atomic E-state index is -3.16. The van der Waals surface area contributed by atoms with Gasteiger partial charge in [-0.25, -0.2) is 13.1 Å². The zero-order valence-electron chi connectivity index (χ0n) is 10.8. The molecule has 17 heavy (non-hydrogen) atoms. The molecule has 1 fully saturated rings. The molecule has 102 valence electrons. The Bertz CT molecular complexity index is 311. The van der Waals surface area contributed by atoms with Gasteiger partial charge in [-0.3, -0.25) is 0 Å². The highest BCUT2D eigenvalue weighted by molar-refractivity contribution is 9.09. The Kier molecular flexibility index (Phi) is 5.93. The maximum atomic E-state index is 12.3. The second-order valence-corrected chi connectivity index (χ2v) is 7.55. The largest absolute Gasteiger partial charge is 0.215 e. The molecule has 0 heterocycles. The molecule has 0 radical (unpaired) electrons. The number of hydrogen-bond donors (Lipinski definition) is 1. The smallest absolute Gasteiger partial charge is 0.212 e. The lowest BCUT2D eigenvalue weighted by molar-refractivity contribution is 0.388. The minimum Gasteiger partial charge on any atom is -0.212 e. The maximum absolute atomic E-state index is 12.3. The van der Waals surface area contributed by atoms with Crippen LogP contribution in [-0.2, 0) is 10.0 Å². The van der Waals surface area contributed by atoms with Gasteiger partial charge in [-0.1, -0.05) is 49.0 Å². The third kappa shape index (κ3) is 3.93. The van der Waals surface area contributed by atoms with Crippen LogP contribution in [0.5, 0.6) is 0 Å². The van der Waals surface area contributed by atoms with Crippen LogP contribution in [0.4, 0.5) is 0 Å². The van der Waals surface area contributed by atoms with Crippen molar-refractivity contribution < 1.29 is 8.42 Å². The predicted molar refractivity (Wildman–Crippen MR) is 76.0 cm³/mol. The van der Waals surface area contributed by atoms with E-state index in [0.29, 0.717) is 5.33 Å². The second kappa shape index (κ2) is 6.53. The van der Waals surface area contributed by atoms with E-state index in [1.807, 2.05) is 13.8 Å². The molecule has 0 atom stereocenters. The van der Waals surface area contributed by atoms with E-state index in [4.69, 9.17) is 0 Å². The first-order valence-corrected chi connectivity index (χ1v) is 9.25. The lowest BCUT2D eigenvalue weighted by Crippen LogP contribution is -2.52. The lowest BCUT2D eigenvalue weighted by Gasteiger charge is -2.33. The summed E-state index contributed by atoms with van der Waals surface area (Å²) < 4.78 is 27.6. The van der Waals surface area contributed by atoms with Crippen molar-refractivity contribution in [3.05, 3.63) is 0 Å². The van der Waals surface area contributed by atoms with E-state index in [9.17, 15) is 8.42 Å². The molecule has 1 N–H and O–H groups in total. The van der Waals surface area contributed by atoms with Gasteiger partial charge in [-0.2, -0.15) is 0 Å². The highest BCUT2D eigenvalue weighted by Gasteiger charge is 2.35. The number of rotatable bonds is 6. The van der Waals surface area contributed by atoms with E-state index in [0.717, 1.165) is 38.5 Å². The first kappa shape index (κ1) is 15.4. The lowest BCUT2D eigenvalue weighted by atomic mass is 9.97. The van der Waals surface area contributed by atoms with Crippen LogP contribution in [0.2, 0.25) is 0 Å². The molecule has 0 amide bonds. The van der Waals surface area contributed by atoms with Crippen molar-refractivity contribution in [2.45, 2.75) is 69.6 Å². The molecule has 0 saturated heterocycles. The summed E-state index contributed by atoms with van der Waals surface area (Å²) in [7, 11) is -3.16. The van der Waals surface area contributed by atoms with Gasteiger partial charge in [0.15, 0.2) is 0 Å². The van der Waals surface area contributed by atoms with Gasteiger partial charge in [0.2, 0.25) is 10.0 Å². The molecule has 0 unspecified atom stereocenters. The average Bonchev–Trinajstić information content (AvgIpc) is 2.37. The third-order valence-electron chi connectivity index (χ3n) is 3.96. The Morgan fingerprint density at radius 3 is 2.12 bits per heavy atom. The van der Waals surface area contributed by atoms with Crippen LogP contribution < -0.4 is 4.72 Å². The molecule has 5 heteroatoms. The Morgan fingerprint density at radius 1 is 1.18 bits per heavy atom. The number of nitrogens with one attached hydrogen (secondary N) is 1. The summed E-state index contributed by atoms with van der Waals surface area (Å²) >= 11 is 3.44. The fraction of sp³-hybridized carbons (Fsp3) is 1.00. The molecule has 1 saturated carbocycles. The molecule has 0 aromatic rings. The fourth-order valence-electron chi connectivity index (χ4n) is 2.37. The van der Waals surface area contributed by atoms with Crippen molar-refractivity contribution in [3.8, 4) is 0 Å². The summed E-state index contributed by atoms with van der Waals surface area (Å²) in [5.41, 5.74) is -0.309. The predicted octanol–water partition coefficient (Wildman–Crippen LogP) is 3.19. The monoisotopic (exact) mass is 325 g/mol. The van der Waals surface area contributed by atoms with Gasteiger partial charge in [0.25, 0.3) is 0 Å². The Hall–Kier alpha value is 0.390. The molecule has 0 aromatic carbocycles. The van der Waals surface area contributed by atoms with Crippen molar-refractivity contribution in [1.82, 2.24) is 4.72 Å². The zero-order chi connectivity index (χ0) is 12.9. The highest BCUT2D eigenvalue weighted by atomic mass is 79.9. The van der Waals surface area contributed by atoms with Crippen molar-refractivity contribution in [2.75, 3.05) is 5.33 Å². The van der Waals surface area contributed by atoms with Gasteiger partial charge in [0, 0.05) is 10.9 Å². The number of alkyl halides is 1. The van der Waals surface area contributed by atoms with Crippen LogP contribution >= 0.6 is 15.9 Å². The Balaban J connectivity index is 2.76. The van der Waals surface area contributed by atoms with Crippen molar-refractivity contribution in [2.24, 2.45) is 0 Å². The van der Waals surface area contributed by atoms with Crippen molar-refractivity contribution >= 4 is 26.0 Å². The van der Waals surface area contributed by atoms with Gasteiger partial charge in [-0.05, 0) is 25.7 Å². The van der Waals surface area contributed by atoms with E-state index in [-0.39, 0.29) is 10.8 Å². The van der Waals surface area contributed by atoms with E-state index >= 15 is 0 Å². The molecule has 0 bridgehead atoms. The van der Waals surface area contributed by atoms with Gasteiger partial charge >= 0.3 is 0 Å². The topological polar surface area (TPSA) is 46.2 Å². The van der Waals surface area contributed by atoms with Gasteiger partial charge < -0.3 is 0 Å². The van der Waals surface area contributed by atoms with E-state index in [2.05, 4.69) is 20.7 Å². The number of hydrogen-bond acceptors (Lipinski definition) is 2. The molecule has 0 aliphatic heterocycles. The summed E-state index contributed by atoms with van der Waals surface area (Å²) in [4.78, 5) is 0. The minimum absolute atomic E-state index is 0.173. The molecular weight excluding hydrogens is 302 g/mol. The first-order valence-electron chi connectivity index (χ1n) is 6.58. The zero-order valence-corrected chi connectivity index (χ0v) is 13.2. The molecular formula is C12H24BrNO2S. The van der Waals surface area contributed by atoms with E-state index < -0.39 is 10.0 Å². The molecule has 0 spiro atoms. The van der Waals surface area contributed by atoms with Crippen LogP contribution in [0, 0.1) is 0 Å². The van der Waals surface area contributed by atoms with Crippen LogP contribution in [0.3, 0.4) is 0 Å². The molecule has 1 aliphatic carbocycles. The van der Waals surface area contributed by atoms with Gasteiger partial charge in [-0.15, -0.1) is 0 Å².